The summed E-state index contributed by atoms with van der Waals surface area (Å²) in [5.74, 6) is 0. The molecule has 2 aromatic carbocycles. The third kappa shape index (κ3) is 5.24. The molecule has 3 rings (SSSR count). The van der Waals surface area contributed by atoms with E-state index in [1.807, 2.05) is 23.1 Å². The fourth-order valence-electron chi connectivity index (χ4n) is 2.82. The number of nitrogens with zero attached hydrogens (tertiary/aromatic N) is 2. The van der Waals surface area contributed by atoms with E-state index in [1.54, 1.807) is 18.2 Å². The SMILES string of the molecule is O=C(Nc1ccc(Cl)cc1Cl)N1CCN(C/C=C/c2ccccc2)CC1. The highest BCUT2D eigenvalue weighted by molar-refractivity contribution is 6.36. The van der Waals surface area contributed by atoms with E-state index in [1.165, 1.54) is 5.56 Å². The molecule has 0 spiro atoms. The molecule has 6 heteroatoms. The number of rotatable bonds is 4. The second kappa shape index (κ2) is 9.08. The van der Waals surface area contributed by atoms with E-state index in [9.17, 15) is 4.79 Å². The number of piperazine rings is 1. The van der Waals surface area contributed by atoms with Crippen molar-refractivity contribution in [2.75, 3.05) is 38.0 Å². The van der Waals surface area contributed by atoms with Crippen molar-refractivity contribution in [2.24, 2.45) is 0 Å². The summed E-state index contributed by atoms with van der Waals surface area (Å²) in [5.41, 5.74) is 1.78. The normalized spacial score (nSPS) is 15.4. The smallest absolute Gasteiger partial charge is 0.321 e. The third-order valence-electron chi connectivity index (χ3n) is 4.31. The van der Waals surface area contributed by atoms with Gasteiger partial charge in [0.05, 0.1) is 10.7 Å². The molecule has 0 atom stereocenters. The zero-order valence-corrected chi connectivity index (χ0v) is 15.9. The van der Waals surface area contributed by atoms with Gasteiger partial charge >= 0.3 is 6.03 Å². The van der Waals surface area contributed by atoms with Crippen LogP contribution in [-0.2, 0) is 0 Å². The van der Waals surface area contributed by atoms with Gasteiger partial charge in [0.1, 0.15) is 0 Å². The Bertz CT molecular complexity index is 772. The third-order valence-corrected chi connectivity index (χ3v) is 4.85. The van der Waals surface area contributed by atoms with Crippen molar-refractivity contribution in [2.45, 2.75) is 0 Å². The van der Waals surface area contributed by atoms with Crippen molar-refractivity contribution in [3.05, 3.63) is 70.2 Å². The molecule has 1 aliphatic rings. The number of amides is 2. The predicted molar refractivity (Wildman–Crippen MR) is 109 cm³/mol. The summed E-state index contributed by atoms with van der Waals surface area (Å²) < 4.78 is 0. The number of halogens is 2. The van der Waals surface area contributed by atoms with Crippen LogP contribution in [0.1, 0.15) is 5.56 Å². The molecule has 26 heavy (non-hydrogen) atoms. The van der Waals surface area contributed by atoms with E-state index in [0.29, 0.717) is 28.8 Å². The van der Waals surface area contributed by atoms with Crippen molar-refractivity contribution in [3.63, 3.8) is 0 Å². The summed E-state index contributed by atoms with van der Waals surface area (Å²) in [4.78, 5) is 16.5. The monoisotopic (exact) mass is 389 g/mol. The fraction of sp³-hybridized carbons (Fsp3) is 0.250. The summed E-state index contributed by atoms with van der Waals surface area (Å²) >= 11 is 12.0. The van der Waals surface area contributed by atoms with E-state index in [0.717, 1.165) is 19.6 Å². The van der Waals surface area contributed by atoms with Crippen LogP contribution in [0.5, 0.6) is 0 Å². The second-order valence-corrected chi connectivity index (χ2v) is 7.00. The molecule has 1 heterocycles. The molecule has 4 nitrogen and oxygen atoms in total. The van der Waals surface area contributed by atoms with Crippen LogP contribution in [-0.4, -0.2) is 48.6 Å². The zero-order chi connectivity index (χ0) is 18.4. The van der Waals surface area contributed by atoms with E-state index >= 15 is 0 Å². The molecule has 0 aromatic heterocycles. The number of nitrogens with one attached hydrogen (secondary N) is 1. The number of hydrogen-bond acceptors (Lipinski definition) is 2. The van der Waals surface area contributed by atoms with Crippen LogP contribution < -0.4 is 5.32 Å². The van der Waals surface area contributed by atoms with Crippen LogP contribution in [0, 0.1) is 0 Å². The number of anilines is 1. The average Bonchev–Trinajstić information content (AvgIpc) is 2.65. The maximum Gasteiger partial charge on any atom is 0.321 e. The lowest BCUT2D eigenvalue weighted by molar-refractivity contribution is 0.156. The summed E-state index contributed by atoms with van der Waals surface area (Å²) in [6.45, 7) is 3.96. The van der Waals surface area contributed by atoms with Gasteiger partial charge in [-0.15, -0.1) is 0 Å². The maximum absolute atomic E-state index is 12.4. The Morgan fingerprint density at radius 3 is 2.46 bits per heavy atom. The van der Waals surface area contributed by atoms with E-state index in [2.05, 4.69) is 34.5 Å². The van der Waals surface area contributed by atoms with Crippen molar-refractivity contribution >= 4 is 41.0 Å². The minimum Gasteiger partial charge on any atom is -0.322 e. The highest BCUT2D eigenvalue weighted by atomic mass is 35.5. The Kier molecular flexibility index (Phi) is 6.56. The highest BCUT2D eigenvalue weighted by Gasteiger charge is 2.20. The summed E-state index contributed by atoms with van der Waals surface area (Å²) in [6.07, 6.45) is 4.29. The van der Waals surface area contributed by atoms with Crippen molar-refractivity contribution < 1.29 is 4.79 Å². The maximum atomic E-state index is 12.4. The minimum atomic E-state index is -0.131. The van der Waals surface area contributed by atoms with Crippen molar-refractivity contribution in [1.29, 1.82) is 0 Å². The standard InChI is InChI=1S/C20H21Cl2N3O/c21-17-8-9-19(18(22)15-17)23-20(26)25-13-11-24(12-14-25)10-4-7-16-5-2-1-3-6-16/h1-9,15H,10-14H2,(H,23,26)/b7-4+. The lowest BCUT2D eigenvalue weighted by Gasteiger charge is -2.34. The molecule has 0 aliphatic carbocycles. The van der Waals surface area contributed by atoms with Gasteiger partial charge in [-0.25, -0.2) is 4.79 Å². The summed E-state index contributed by atoms with van der Waals surface area (Å²) in [7, 11) is 0. The first-order valence-corrected chi connectivity index (χ1v) is 9.32. The molecule has 1 N–H and O–H groups in total. The van der Waals surface area contributed by atoms with Crippen LogP contribution in [0.25, 0.3) is 6.08 Å². The molecule has 1 saturated heterocycles. The molecule has 0 saturated carbocycles. The van der Waals surface area contributed by atoms with Gasteiger partial charge in [-0.1, -0.05) is 65.7 Å². The average molecular weight is 390 g/mol. The van der Waals surface area contributed by atoms with Gasteiger partial charge in [-0.3, -0.25) is 4.90 Å². The van der Waals surface area contributed by atoms with Gasteiger partial charge in [-0.2, -0.15) is 0 Å². The Morgan fingerprint density at radius 1 is 1.04 bits per heavy atom. The van der Waals surface area contributed by atoms with Crippen LogP contribution in [0.4, 0.5) is 10.5 Å². The van der Waals surface area contributed by atoms with E-state index < -0.39 is 0 Å². The molecule has 0 unspecified atom stereocenters. The predicted octanol–water partition coefficient (Wildman–Crippen LogP) is 4.86. The number of benzene rings is 2. The van der Waals surface area contributed by atoms with Gasteiger partial charge in [0.2, 0.25) is 0 Å². The Labute approximate surface area is 164 Å². The van der Waals surface area contributed by atoms with Crippen molar-refractivity contribution in [3.8, 4) is 0 Å². The molecule has 2 amide bonds. The number of hydrogen-bond donors (Lipinski definition) is 1. The zero-order valence-electron chi connectivity index (χ0n) is 14.4. The largest absolute Gasteiger partial charge is 0.322 e. The number of urea groups is 1. The van der Waals surface area contributed by atoms with Crippen LogP contribution in [0.3, 0.4) is 0 Å². The van der Waals surface area contributed by atoms with Gasteiger partial charge < -0.3 is 10.2 Å². The van der Waals surface area contributed by atoms with Gasteiger partial charge in [-0.05, 0) is 23.8 Å². The summed E-state index contributed by atoms with van der Waals surface area (Å²) in [5, 5.41) is 3.84. The van der Waals surface area contributed by atoms with E-state index in [4.69, 9.17) is 23.2 Å². The summed E-state index contributed by atoms with van der Waals surface area (Å²) in [6, 6.07) is 15.2. The van der Waals surface area contributed by atoms with Crippen LogP contribution >= 0.6 is 23.2 Å². The second-order valence-electron chi connectivity index (χ2n) is 6.16. The van der Waals surface area contributed by atoms with Gasteiger partial charge in [0.15, 0.2) is 0 Å². The topological polar surface area (TPSA) is 35.6 Å². The first-order valence-electron chi connectivity index (χ1n) is 8.57. The van der Waals surface area contributed by atoms with Crippen LogP contribution in [0.15, 0.2) is 54.6 Å². The molecule has 1 aliphatic heterocycles. The molecule has 136 valence electrons. The van der Waals surface area contributed by atoms with Gasteiger partial charge in [0, 0.05) is 37.7 Å². The number of carbonyl (C=O) groups excluding carboxylic acids is 1. The van der Waals surface area contributed by atoms with Gasteiger partial charge in [0.25, 0.3) is 0 Å². The Balaban J connectivity index is 1.45. The Hall–Kier alpha value is -2.01. The lowest BCUT2D eigenvalue weighted by atomic mass is 10.2. The number of carbonyl (C=O) groups is 1. The highest BCUT2D eigenvalue weighted by Crippen LogP contribution is 2.25. The minimum absolute atomic E-state index is 0.131. The first kappa shape index (κ1) is 18.8. The quantitative estimate of drug-likeness (QED) is 0.810. The van der Waals surface area contributed by atoms with Crippen molar-refractivity contribution in [1.82, 2.24) is 9.80 Å². The molecule has 0 radical (unpaired) electrons. The van der Waals surface area contributed by atoms with Crippen LogP contribution in [0.2, 0.25) is 10.0 Å². The first-order chi connectivity index (χ1) is 12.6. The lowest BCUT2D eigenvalue weighted by Crippen LogP contribution is -2.49. The molecule has 1 fully saturated rings. The van der Waals surface area contributed by atoms with E-state index in [-0.39, 0.29) is 6.03 Å². The molecule has 0 bridgehead atoms. The fourth-order valence-corrected chi connectivity index (χ4v) is 3.28. The molecular weight excluding hydrogens is 369 g/mol. The Morgan fingerprint density at radius 2 is 1.77 bits per heavy atom. The molecule has 2 aromatic rings. The molecular formula is C20H21Cl2N3O.